The summed E-state index contributed by atoms with van der Waals surface area (Å²) < 4.78 is 9.74. The molecule has 22 heavy (non-hydrogen) atoms. The third-order valence-electron chi connectivity index (χ3n) is 2.68. The molecule has 0 aliphatic rings. The minimum absolute atomic E-state index is 0.0774. The van der Waals surface area contributed by atoms with Crippen molar-refractivity contribution in [2.45, 2.75) is 40.0 Å². The summed E-state index contributed by atoms with van der Waals surface area (Å²) in [5.74, 6) is -2.50. The number of carbonyl (C=O) groups is 2. The van der Waals surface area contributed by atoms with E-state index >= 15 is 0 Å². The van der Waals surface area contributed by atoms with Crippen molar-refractivity contribution < 1.29 is 19.1 Å². The van der Waals surface area contributed by atoms with Crippen molar-refractivity contribution in [1.82, 2.24) is 4.98 Å². The van der Waals surface area contributed by atoms with Gasteiger partial charge in [-0.15, -0.1) is 11.3 Å². The maximum absolute atomic E-state index is 11.8. The van der Waals surface area contributed by atoms with Crippen molar-refractivity contribution in [1.29, 1.82) is 0 Å². The Morgan fingerprint density at radius 1 is 1.27 bits per heavy atom. The number of nitrogens with zero attached hydrogens (tertiary/aromatic N) is 2. The van der Waals surface area contributed by atoms with Gasteiger partial charge in [-0.05, 0) is 13.8 Å². The molecule has 1 rings (SSSR count). The van der Waals surface area contributed by atoms with Crippen LogP contribution in [0.3, 0.4) is 0 Å². The fourth-order valence-corrected chi connectivity index (χ4v) is 2.38. The van der Waals surface area contributed by atoms with E-state index < -0.39 is 17.9 Å². The summed E-state index contributed by atoms with van der Waals surface area (Å²) in [7, 11) is 0. The first-order valence-electron chi connectivity index (χ1n) is 7.13. The molecule has 0 aliphatic heterocycles. The van der Waals surface area contributed by atoms with Gasteiger partial charge < -0.3 is 9.47 Å². The molecule has 0 amide bonds. The minimum atomic E-state index is -1.16. The first-order valence-corrected chi connectivity index (χ1v) is 8.01. The summed E-state index contributed by atoms with van der Waals surface area (Å²) in [6.45, 7) is 9.88. The Bertz CT molecular complexity index is 528. The number of thiazole rings is 1. The van der Waals surface area contributed by atoms with Crippen LogP contribution in [0.1, 0.15) is 40.3 Å². The van der Waals surface area contributed by atoms with Crippen LogP contribution >= 0.6 is 11.3 Å². The van der Waals surface area contributed by atoms with E-state index in [9.17, 15) is 9.59 Å². The van der Waals surface area contributed by atoms with Gasteiger partial charge in [0.2, 0.25) is 5.13 Å². The lowest BCUT2D eigenvalue weighted by atomic mass is 9.93. The van der Waals surface area contributed by atoms with Gasteiger partial charge in [-0.25, -0.2) is 9.98 Å². The maximum atomic E-state index is 11.8. The number of aromatic nitrogens is 1. The SMILES string of the molecule is CCOC(=O)C(C=Nc1nc(C(C)(C)C)cs1)C(=O)OCC. The third-order valence-corrected chi connectivity index (χ3v) is 3.42. The van der Waals surface area contributed by atoms with Gasteiger partial charge in [0.1, 0.15) is 0 Å². The number of ether oxygens (including phenoxy) is 2. The number of aliphatic imine (C=N–C) groups is 1. The molecule has 1 heterocycles. The van der Waals surface area contributed by atoms with Gasteiger partial charge in [0.15, 0.2) is 5.92 Å². The Hall–Kier alpha value is -1.76. The molecule has 6 nitrogen and oxygen atoms in total. The smallest absolute Gasteiger partial charge is 0.325 e. The van der Waals surface area contributed by atoms with Gasteiger partial charge in [-0.3, -0.25) is 9.59 Å². The molecule has 1 aromatic heterocycles. The summed E-state index contributed by atoms with van der Waals surface area (Å²) >= 11 is 1.36. The van der Waals surface area contributed by atoms with Gasteiger partial charge in [0.05, 0.1) is 18.9 Å². The van der Waals surface area contributed by atoms with Crippen LogP contribution in [0.2, 0.25) is 0 Å². The van der Waals surface area contributed by atoms with Crippen LogP contribution in [0.5, 0.6) is 0 Å². The molecule has 0 saturated heterocycles. The molecule has 0 aliphatic carbocycles. The van der Waals surface area contributed by atoms with E-state index in [0.29, 0.717) is 5.13 Å². The fraction of sp³-hybridized carbons (Fsp3) is 0.600. The predicted molar refractivity (Wildman–Crippen MR) is 85.7 cm³/mol. The predicted octanol–water partition coefficient (Wildman–Crippen LogP) is 2.89. The van der Waals surface area contributed by atoms with E-state index in [1.165, 1.54) is 17.6 Å². The Labute approximate surface area is 134 Å². The molecule has 0 spiro atoms. The Balaban J connectivity index is 2.90. The van der Waals surface area contributed by atoms with Gasteiger partial charge in [-0.2, -0.15) is 0 Å². The highest BCUT2D eigenvalue weighted by Gasteiger charge is 2.28. The monoisotopic (exact) mass is 326 g/mol. The lowest BCUT2D eigenvalue weighted by molar-refractivity contribution is -0.157. The van der Waals surface area contributed by atoms with E-state index in [1.54, 1.807) is 13.8 Å². The molecule has 0 radical (unpaired) electrons. The molecule has 122 valence electrons. The first kappa shape index (κ1) is 18.3. The third kappa shape index (κ3) is 5.22. The van der Waals surface area contributed by atoms with Crippen LogP contribution in [0.25, 0.3) is 0 Å². The number of rotatable bonds is 6. The van der Waals surface area contributed by atoms with Crippen LogP contribution in [-0.2, 0) is 24.5 Å². The largest absolute Gasteiger partial charge is 0.465 e. The highest BCUT2D eigenvalue weighted by Crippen LogP contribution is 2.27. The second-order valence-electron chi connectivity index (χ2n) is 5.53. The molecular formula is C15H22N2O4S. The summed E-state index contributed by atoms with van der Waals surface area (Å²) in [4.78, 5) is 32.1. The van der Waals surface area contributed by atoms with E-state index in [4.69, 9.17) is 9.47 Å². The number of carbonyl (C=O) groups excluding carboxylic acids is 2. The molecule has 0 N–H and O–H groups in total. The van der Waals surface area contributed by atoms with Crippen LogP contribution < -0.4 is 0 Å². The van der Waals surface area contributed by atoms with Gasteiger partial charge in [0, 0.05) is 17.0 Å². The zero-order valence-corrected chi connectivity index (χ0v) is 14.4. The summed E-state index contributed by atoms with van der Waals surface area (Å²) in [6, 6.07) is 0. The van der Waals surface area contributed by atoms with Gasteiger partial charge >= 0.3 is 11.9 Å². The second kappa shape index (κ2) is 8.03. The van der Waals surface area contributed by atoms with E-state index in [1.807, 2.05) is 5.38 Å². The zero-order chi connectivity index (χ0) is 16.8. The molecule has 7 heteroatoms. The van der Waals surface area contributed by atoms with E-state index in [2.05, 4.69) is 30.7 Å². The van der Waals surface area contributed by atoms with Crippen molar-refractivity contribution in [3.05, 3.63) is 11.1 Å². The molecule has 0 aromatic carbocycles. The fourth-order valence-electron chi connectivity index (χ4n) is 1.49. The average molecular weight is 326 g/mol. The second-order valence-corrected chi connectivity index (χ2v) is 6.36. The molecule has 0 unspecified atom stereocenters. The maximum Gasteiger partial charge on any atom is 0.325 e. The molecule has 1 aromatic rings. The van der Waals surface area contributed by atoms with E-state index in [-0.39, 0.29) is 18.6 Å². The van der Waals surface area contributed by atoms with Crippen LogP contribution in [-0.4, -0.2) is 36.4 Å². The standard InChI is InChI=1S/C15H22N2O4S/c1-6-20-12(18)10(13(19)21-7-2)8-16-14-17-11(9-22-14)15(3,4)5/h8-10H,6-7H2,1-5H3. The number of esters is 2. The Morgan fingerprint density at radius 2 is 1.82 bits per heavy atom. The van der Waals surface area contributed by atoms with Crippen LogP contribution in [0.4, 0.5) is 5.13 Å². The number of hydrogen-bond donors (Lipinski definition) is 0. The summed E-state index contributed by atoms with van der Waals surface area (Å²) in [6.07, 6.45) is 1.24. The van der Waals surface area contributed by atoms with Crippen molar-refractivity contribution >= 4 is 34.6 Å². The summed E-state index contributed by atoms with van der Waals surface area (Å²) in [5.41, 5.74) is 0.833. The lowest BCUT2D eigenvalue weighted by Crippen LogP contribution is -2.29. The van der Waals surface area contributed by atoms with Crippen molar-refractivity contribution in [2.75, 3.05) is 13.2 Å². The minimum Gasteiger partial charge on any atom is -0.465 e. The topological polar surface area (TPSA) is 77.9 Å². The van der Waals surface area contributed by atoms with Crippen LogP contribution in [0, 0.1) is 5.92 Å². The quantitative estimate of drug-likeness (QED) is 0.456. The highest BCUT2D eigenvalue weighted by atomic mass is 32.1. The molecule has 0 atom stereocenters. The van der Waals surface area contributed by atoms with Crippen LogP contribution in [0.15, 0.2) is 10.4 Å². The molecule has 0 fully saturated rings. The lowest BCUT2D eigenvalue weighted by Gasteiger charge is -2.13. The molecular weight excluding hydrogens is 304 g/mol. The highest BCUT2D eigenvalue weighted by molar-refractivity contribution is 7.13. The molecule has 0 bridgehead atoms. The van der Waals surface area contributed by atoms with E-state index in [0.717, 1.165) is 5.69 Å². The Kier molecular flexibility index (Phi) is 6.67. The van der Waals surface area contributed by atoms with Crippen molar-refractivity contribution in [2.24, 2.45) is 10.9 Å². The average Bonchev–Trinajstić information content (AvgIpc) is 2.88. The zero-order valence-electron chi connectivity index (χ0n) is 13.6. The normalized spacial score (nSPS) is 11.9. The van der Waals surface area contributed by atoms with Gasteiger partial charge in [-0.1, -0.05) is 20.8 Å². The number of hydrogen-bond acceptors (Lipinski definition) is 7. The molecule has 0 saturated carbocycles. The van der Waals surface area contributed by atoms with Gasteiger partial charge in [0.25, 0.3) is 0 Å². The van der Waals surface area contributed by atoms with Crippen molar-refractivity contribution in [3.8, 4) is 0 Å². The Morgan fingerprint density at radius 3 is 2.23 bits per heavy atom. The van der Waals surface area contributed by atoms with Crippen molar-refractivity contribution in [3.63, 3.8) is 0 Å². The summed E-state index contributed by atoms with van der Waals surface area (Å²) in [5, 5.41) is 2.40. The first-order chi connectivity index (χ1) is 10.3.